The van der Waals surface area contributed by atoms with Crippen LogP contribution in [0.15, 0.2) is 18.2 Å². The van der Waals surface area contributed by atoms with Crippen molar-refractivity contribution in [3.05, 3.63) is 33.9 Å². The van der Waals surface area contributed by atoms with Crippen molar-refractivity contribution >= 4 is 11.4 Å². The maximum Gasteiger partial charge on any atom is 0.433 e. The highest BCUT2D eigenvalue weighted by atomic mass is 19.4. The Morgan fingerprint density at radius 1 is 1.26 bits per heavy atom. The van der Waals surface area contributed by atoms with Crippen molar-refractivity contribution in [2.45, 2.75) is 31.6 Å². The van der Waals surface area contributed by atoms with Gasteiger partial charge in [-0.15, -0.1) is 0 Å². The van der Waals surface area contributed by atoms with Crippen molar-refractivity contribution in [2.75, 3.05) is 11.4 Å². The third-order valence-corrected chi connectivity index (χ3v) is 3.19. The van der Waals surface area contributed by atoms with Crippen LogP contribution < -0.4 is 4.90 Å². The Labute approximate surface area is 125 Å². The second-order valence-corrected chi connectivity index (χ2v) is 4.95. The number of anilines is 1. The van der Waals surface area contributed by atoms with E-state index in [0.717, 1.165) is 6.07 Å². The summed E-state index contributed by atoms with van der Waals surface area (Å²) in [7, 11) is 0. The molecule has 0 N–H and O–H groups in total. The molecule has 5 nitrogen and oxygen atoms in total. The average molecular weight is 344 g/mol. The van der Waals surface area contributed by atoms with E-state index in [1.807, 2.05) is 0 Å². The summed E-state index contributed by atoms with van der Waals surface area (Å²) in [6.45, 7) is 1.05. The molecule has 0 spiro atoms. The second kappa shape index (κ2) is 5.55. The van der Waals surface area contributed by atoms with E-state index in [2.05, 4.69) is 4.74 Å². The summed E-state index contributed by atoms with van der Waals surface area (Å²) in [5.41, 5.74) is -3.28. The lowest BCUT2D eigenvalue weighted by Crippen LogP contribution is -2.42. The normalized spacial score (nSPS) is 22.5. The molecule has 2 rings (SSSR count). The number of nitrogens with zero attached hydrogens (tertiary/aromatic N) is 2. The quantitative estimate of drug-likeness (QED) is 0.466. The Balaban J connectivity index is 2.50. The SMILES string of the molecule is C[C@H]1CN(c2ccc([N+](=O)[O-])c(C(F)(F)F)c2)[C@@H](C(F)(F)F)O1. The highest BCUT2D eigenvalue weighted by molar-refractivity contribution is 5.57. The van der Waals surface area contributed by atoms with E-state index in [9.17, 15) is 36.5 Å². The number of hydrogen-bond donors (Lipinski definition) is 0. The van der Waals surface area contributed by atoms with Gasteiger partial charge in [0, 0.05) is 18.3 Å². The first kappa shape index (κ1) is 17.3. The standard InChI is InChI=1S/C12H10F6N2O3/c1-6-5-19(10(23-6)12(16,17)18)7-2-3-9(20(21)22)8(4-7)11(13,14)15/h2-4,6,10H,5H2,1H3/t6-,10+/m0/s1. The van der Waals surface area contributed by atoms with Crippen molar-refractivity contribution in [1.82, 2.24) is 0 Å². The third-order valence-electron chi connectivity index (χ3n) is 3.19. The molecule has 0 saturated carbocycles. The predicted octanol–water partition coefficient (Wildman–Crippen LogP) is 3.73. The van der Waals surface area contributed by atoms with E-state index in [1.165, 1.54) is 6.92 Å². The highest BCUT2D eigenvalue weighted by Crippen LogP contribution is 2.41. The lowest BCUT2D eigenvalue weighted by molar-refractivity contribution is -0.388. The van der Waals surface area contributed by atoms with Gasteiger partial charge in [0.1, 0.15) is 5.56 Å². The smallest absolute Gasteiger partial charge is 0.345 e. The van der Waals surface area contributed by atoms with Gasteiger partial charge in [-0.3, -0.25) is 10.1 Å². The van der Waals surface area contributed by atoms with Crippen LogP contribution in [0.5, 0.6) is 0 Å². The Morgan fingerprint density at radius 3 is 2.35 bits per heavy atom. The largest absolute Gasteiger partial charge is 0.433 e. The van der Waals surface area contributed by atoms with E-state index in [1.54, 1.807) is 0 Å². The molecule has 1 fully saturated rings. The van der Waals surface area contributed by atoms with E-state index < -0.39 is 46.5 Å². The number of hydrogen-bond acceptors (Lipinski definition) is 4. The van der Waals surface area contributed by atoms with Gasteiger partial charge < -0.3 is 9.64 Å². The monoisotopic (exact) mass is 344 g/mol. The van der Waals surface area contributed by atoms with E-state index in [0.29, 0.717) is 17.0 Å². The molecule has 23 heavy (non-hydrogen) atoms. The van der Waals surface area contributed by atoms with Gasteiger partial charge in [0.15, 0.2) is 0 Å². The van der Waals surface area contributed by atoms with Crippen LogP contribution in [-0.2, 0) is 10.9 Å². The van der Waals surface area contributed by atoms with Crippen molar-refractivity contribution in [1.29, 1.82) is 0 Å². The summed E-state index contributed by atoms with van der Waals surface area (Å²) in [6, 6.07) is 1.71. The van der Waals surface area contributed by atoms with Gasteiger partial charge in [-0.05, 0) is 19.1 Å². The minimum absolute atomic E-state index is 0.292. The average Bonchev–Trinajstić information content (AvgIpc) is 2.79. The highest BCUT2D eigenvalue weighted by Gasteiger charge is 2.50. The molecular weight excluding hydrogens is 334 g/mol. The molecule has 0 aromatic heterocycles. The lowest BCUT2D eigenvalue weighted by atomic mass is 10.1. The predicted molar refractivity (Wildman–Crippen MR) is 65.8 cm³/mol. The maximum absolute atomic E-state index is 12.9. The third kappa shape index (κ3) is 3.49. The number of alkyl halides is 6. The molecule has 0 bridgehead atoms. The van der Waals surface area contributed by atoms with Crippen LogP contribution in [-0.4, -0.2) is 30.0 Å². The first-order valence-electron chi connectivity index (χ1n) is 6.25. The Hall–Kier alpha value is -2.04. The minimum Gasteiger partial charge on any atom is -0.345 e. The summed E-state index contributed by atoms with van der Waals surface area (Å²) in [5, 5.41) is 10.7. The Kier molecular flexibility index (Phi) is 4.18. The molecule has 128 valence electrons. The molecule has 1 aromatic carbocycles. The van der Waals surface area contributed by atoms with Gasteiger partial charge in [0.05, 0.1) is 11.0 Å². The molecule has 1 saturated heterocycles. The molecule has 0 radical (unpaired) electrons. The number of benzene rings is 1. The van der Waals surface area contributed by atoms with Crippen LogP contribution in [0, 0.1) is 10.1 Å². The maximum atomic E-state index is 12.9. The van der Waals surface area contributed by atoms with Gasteiger partial charge in [0.25, 0.3) is 5.69 Å². The number of rotatable bonds is 2. The summed E-state index contributed by atoms with van der Waals surface area (Å²) < 4.78 is 82.1. The molecule has 11 heteroatoms. The van der Waals surface area contributed by atoms with Gasteiger partial charge >= 0.3 is 12.4 Å². The molecular formula is C12H10F6N2O3. The molecule has 2 atom stereocenters. The zero-order valence-corrected chi connectivity index (χ0v) is 11.5. The minimum atomic E-state index is -5.07. The number of halogens is 6. The Bertz CT molecular complexity index is 616. The number of nitro groups is 1. The fourth-order valence-corrected chi connectivity index (χ4v) is 2.29. The zero-order chi connectivity index (χ0) is 17.6. The fourth-order valence-electron chi connectivity index (χ4n) is 2.29. The molecule has 0 aliphatic carbocycles. The topological polar surface area (TPSA) is 55.6 Å². The Morgan fingerprint density at radius 2 is 1.87 bits per heavy atom. The van der Waals surface area contributed by atoms with Gasteiger partial charge in [-0.2, -0.15) is 26.3 Å². The summed E-state index contributed by atoms with van der Waals surface area (Å²) in [5.74, 6) is 0. The van der Waals surface area contributed by atoms with Crippen LogP contribution >= 0.6 is 0 Å². The summed E-state index contributed by atoms with van der Waals surface area (Å²) in [6.07, 6.45) is -13.1. The molecule has 1 aliphatic heterocycles. The van der Waals surface area contributed by atoms with Crippen LogP contribution in [0.2, 0.25) is 0 Å². The van der Waals surface area contributed by atoms with Gasteiger partial charge in [-0.25, -0.2) is 0 Å². The number of ether oxygens (including phenoxy) is 1. The van der Waals surface area contributed by atoms with E-state index in [-0.39, 0.29) is 6.54 Å². The zero-order valence-electron chi connectivity index (χ0n) is 11.5. The molecule has 1 aromatic rings. The van der Waals surface area contributed by atoms with Crippen LogP contribution in [0.25, 0.3) is 0 Å². The summed E-state index contributed by atoms with van der Waals surface area (Å²) >= 11 is 0. The second-order valence-electron chi connectivity index (χ2n) is 4.95. The lowest BCUT2D eigenvalue weighted by Gasteiger charge is -2.27. The van der Waals surface area contributed by atoms with Crippen molar-refractivity contribution in [3.8, 4) is 0 Å². The molecule has 0 unspecified atom stereocenters. The first-order valence-corrected chi connectivity index (χ1v) is 6.25. The van der Waals surface area contributed by atoms with Crippen LogP contribution in [0.1, 0.15) is 12.5 Å². The van der Waals surface area contributed by atoms with Gasteiger partial charge in [0.2, 0.25) is 6.23 Å². The van der Waals surface area contributed by atoms with Crippen molar-refractivity contribution < 1.29 is 36.0 Å². The van der Waals surface area contributed by atoms with Gasteiger partial charge in [-0.1, -0.05) is 0 Å². The number of nitro benzene ring substituents is 1. The fraction of sp³-hybridized carbons (Fsp3) is 0.500. The first-order chi connectivity index (χ1) is 10.4. The van der Waals surface area contributed by atoms with Crippen molar-refractivity contribution in [2.24, 2.45) is 0 Å². The molecule has 1 aliphatic rings. The van der Waals surface area contributed by atoms with Crippen molar-refractivity contribution in [3.63, 3.8) is 0 Å². The molecule has 0 amide bonds. The summed E-state index contributed by atoms with van der Waals surface area (Å²) in [4.78, 5) is 10.0. The van der Waals surface area contributed by atoms with E-state index in [4.69, 9.17) is 0 Å². The van der Waals surface area contributed by atoms with Crippen LogP contribution in [0.4, 0.5) is 37.7 Å². The van der Waals surface area contributed by atoms with E-state index >= 15 is 0 Å². The molecule has 1 heterocycles. The van der Waals surface area contributed by atoms with Crippen LogP contribution in [0.3, 0.4) is 0 Å².